The molecule has 0 bridgehead atoms. The van der Waals surface area contributed by atoms with Gasteiger partial charge in [0, 0.05) is 24.0 Å². The molecule has 1 atom stereocenters. The van der Waals surface area contributed by atoms with Gasteiger partial charge in [-0.15, -0.1) is 0 Å². The molecular formula is C30H36N6O5. The SMILES string of the molecule is COC(=O)[C@H](C)c1ccc(Nc2ncc3c(n2)CN(c2cnc4c(c2C)N(C(=O)OC(C)(C)C)CCO4)CC3)cc1. The van der Waals surface area contributed by atoms with Crippen LogP contribution in [0.25, 0.3) is 0 Å². The minimum Gasteiger partial charge on any atom is -0.474 e. The maximum absolute atomic E-state index is 13.0. The van der Waals surface area contributed by atoms with E-state index >= 15 is 0 Å². The highest BCUT2D eigenvalue weighted by Gasteiger charge is 2.32. The van der Waals surface area contributed by atoms with Crippen molar-refractivity contribution in [1.82, 2.24) is 15.0 Å². The van der Waals surface area contributed by atoms with E-state index in [0.29, 0.717) is 37.2 Å². The minimum atomic E-state index is -0.611. The zero-order chi connectivity index (χ0) is 29.3. The highest BCUT2D eigenvalue weighted by atomic mass is 16.6. The number of hydrogen-bond donors (Lipinski definition) is 1. The highest BCUT2D eigenvalue weighted by Crippen LogP contribution is 2.39. The molecule has 0 fully saturated rings. The first-order valence-corrected chi connectivity index (χ1v) is 13.7. The number of carbonyl (C=O) groups excluding carboxylic acids is 2. The summed E-state index contributed by atoms with van der Waals surface area (Å²) in [5.74, 6) is 0.304. The fourth-order valence-corrected chi connectivity index (χ4v) is 5.01. The Labute approximate surface area is 239 Å². The van der Waals surface area contributed by atoms with E-state index in [4.69, 9.17) is 19.2 Å². The number of amides is 1. The molecule has 0 unspecified atom stereocenters. The lowest BCUT2D eigenvalue weighted by Gasteiger charge is -2.35. The fraction of sp³-hybridized carbons (Fsp3) is 0.433. The number of carbonyl (C=O) groups is 2. The van der Waals surface area contributed by atoms with E-state index in [1.54, 1.807) is 11.1 Å². The Bertz CT molecular complexity index is 1450. The normalized spacial score (nSPS) is 15.3. The Hall–Kier alpha value is -4.41. The summed E-state index contributed by atoms with van der Waals surface area (Å²) in [4.78, 5) is 42.6. The van der Waals surface area contributed by atoms with E-state index in [1.165, 1.54) is 7.11 Å². The third kappa shape index (κ3) is 6.03. The molecule has 3 aromatic rings. The molecule has 2 aliphatic rings. The molecule has 11 heteroatoms. The molecule has 1 amide bonds. The molecule has 2 aromatic heterocycles. The van der Waals surface area contributed by atoms with Gasteiger partial charge in [0.2, 0.25) is 11.8 Å². The Morgan fingerprint density at radius 1 is 1.10 bits per heavy atom. The molecular weight excluding hydrogens is 524 g/mol. The summed E-state index contributed by atoms with van der Waals surface area (Å²) in [6.45, 7) is 11.4. The first-order chi connectivity index (χ1) is 19.5. The number of hydrogen-bond acceptors (Lipinski definition) is 10. The second-order valence-electron chi connectivity index (χ2n) is 11.2. The number of methoxy groups -OCH3 is 1. The van der Waals surface area contributed by atoms with Crippen molar-refractivity contribution < 1.29 is 23.8 Å². The van der Waals surface area contributed by atoms with Gasteiger partial charge in [-0.1, -0.05) is 12.1 Å². The molecule has 1 N–H and O–H groups in total. The quantitative estimate of drug-likeness (QED) is 0.432. The number of esters is 1. The molecule has 1 aromatic carbocycles. The van der Waals surface area contributed by atoms with Crippen molar-refractivity contribution >= 4 is 35.1 Å². The smallest absolute Gasteiger partial charge is 0.415 e. The number of aromatic nitrogens is 3. The van der Waals surface area contributed by atoms with E-state index in [9.17, 15) is 9.59 Å². The van der Waals surface area contributed by atoms with Crippen LogP contribution in [0.2, 0.25) is 0 Å². The van der Waals surface area contributed by atoms with Gasteiger partial charge in [0.1, 0.15) is 17.9 Å². The minimum absolute atomic E-state index is 0.275. The zero-order valence-electron chi connectivity index (χ0n) is 24.4. The Kier molecular flexibility index (Phi) is 7.70. The van der Waals surface area contributed by atoms with Crippen LogP contribution in [0, 0.1) is 6.92 Å². The van der Waals surface area contributed by atoms with Crippen LogP contribution in [0.4, 0.5) is 27.8 Å². The van der Waals surface area contributed by atoms with Gasteiger partial charge in [0.05, 0.1) is 43.7 Å². The number of nitrogens with zero attached hydrogens (tertiary/aromatic N) is 5. The van der Waals surface area contributed by atoms with Crippen LogP contribution in [-0.4, -0.2) is 59.4 Å². The predicted molar refractivity (Wildman–Crippen MR) is 155 cm³/mol. The molecule has 41 heavy (non-hydrogen) atoms. The summed E-state index contributed by atoms with van der Waals surface area (Å²) in [6.07, 6.45) is 4.03. The zero-order valence-corrected chi connectivity index (χ0v) is 24.4. The van der Waals surface area contributed by atoms with Crippen LogP contribution < -0.4 is 19.9 Å². The van der Waals surface area contributed by atoms with E-state index in [-0.39, 0.29) is 11.9 Å². The van der Waals surface area contributed by atoms with Crippen LogP contribution in [0.3, 0.4) is 0 Å². The molecule has 0 spiro atoms. The number of nitrogens with one attached hydrogen (secondary N) is 1. The average molecular weight is 561 g/mol. The summed E-state index contributed by atoms with van der Waals surface area (Å²) in [7, 11) is 1.39. The largest absolute Gasteiger partial charge is 0.474 e. The van der Waals surface area contributed by atoms with Crippen LogP contribution >= 0.6 is 0 Å². The van der Waals surface area contributed by atoms with Gasteiger partial charge in [-0.3, -0.25) is 9.69 Å². The maximum atomic E-state index is 13.0. The highest BCUT2D eigenvalue weighted by molar-refractivity contribution is 5.92. The lowest BCUT2D eigenvalue weighted by atomic mass is 10.0. The van der Waals surface area contributed by atoms with Crippen molar-refractivity contribution in [3.8, 4) is 5.88 Å². The fourth-order valence-electron chi connectivity index (χ4n) is 5.01. The Morgan fingerprint density at radius 3 is 2.56 bits per heavy atom. The van der Waals surface area contributed by atoms with Crippen LogP contribution in [0.1, 0.15) is 56.0 Å². The van der Waals surface area contributed by atoms with Crippen molar-refractivity contribution in [1.29, 1.82) is 0 Å². The van der Waals surface area contributed by atoms with Gasteiger partial charge in [0.15, 0.2) is 0 Å². The summed E-state index contributed by atoms with van der Waals surface area (Å²) in [5, 5.41) is 3.26. The van der Waals surface area contributed by atoms with Gasteiger partial charge in [0.25, 0.3) is 0 Å². The number of fused-ring (bicyclic) bond motifs is 2. The molecule has 11 nitrogen and oxygen atoms in total. The van der Waals surface area contributed by atoms with Crippen molar-refractivity contribution in [2.24, 2.45) is 0 Å². The van der Waals surface area contributed by atoms with Gasteiger partial charge in [-0.25, -0.2) is 19.7 Å². The monoisotopic (exact) mass is 560 g/mol. The standard InChI is InChI=1S/C30H36N6O5/c1-18(27(37)39-6)20-7-9-22(10-8-20)33-28-32-15-21-11-12-35(17-23(21)34-28)24-16-31-26-25(19(24)2)36(13-14-40-26)29(38)41-30(3,4)5/h7-10,15-16,18H,11-14,17H2,1-6H3,(H,32,33,34)/t18-/m1/s1. The molecule has 0 saturated heterocycles. The number of pyridine rings is 1. The van der Waals surface area contributed by atoms with Gasteiger partial charge >= 0.3 is 12.1 Å². The van der Waals surface area contributed by atoms with Crippen molar-refractivity contribution in [3.63, 3.8) is 0 Å². The van der Waals surface area contributed by atoms with Crippen molar-refractivity contribution in [2.75, 3.05) is 41.9 Å². The van der Waals surface area contributed by atoms with Crippen LogP contribution in [0.15, 0.2) is 36.7 Å². The van der Waals surface area contributed by atoms with E-state index in [1.807, 2.05) is 65.1 Å². The topological polar surface area (TPSA) is 119 Å². The summed E-state index contributed by atoms with van der Waals surface area (Å²) in [6, 6.07) is 7.56. The number of ether oxygens (including phenoxy) is 3. The second-order valence-corrected chi connectivity index (χ2v) is 11.2. The van der Waals surface area contributed by atoms with Gasteiger partial charge in [-0.2, -0.15) is 0 Å². The predicted octanol–water partition coefficient (Wildman–Crippen LogP) is 4.90. The molecule has 0 saturated carbocycles. The van der Waals surface area contributed by atoms with Crippen LogP contribution in [0.5, 0.6) is 5.88 Å². The molecule has 0 aliphatic carbocycles. The van der Waals surface area contributed by atoms with Gasteiger partial charge < -0.3 is 24.4 Å². The summed E-state index contributed by atoms with van der Waals surface area (Å²) in [5.41, 5.74) is 5.54. The first kappa shape index (κ1) is 28.1. The molecule has 5 rings (SSSR count). The average Bonchev–Trinajstić information content (AvgIpc) is 2.95. The summed E-state index contributed by atoms with van der Waals surface area (Å²) < 4.78 is 16.3. The van der Waals surface area contributed by atoms with Crippen molar-refractivity contribution in [2.45, 2.75) is 59.1 Å². The molecule has 0 radical (unpaired) electrons. The first-order valence-electron chi connectivity index (χ1n) is 13.7. The molecule has 4 heterocycles. The van der Waals surface area contributed by atoms with E-state index < -0.39 is 11.7 Å². The molecule has 2 aliphatic heterocycles. The van der Waals surface area contributed by atoms with Crippen molar-refractivity contribution in [3.05, 3.63) is 59.0 Å². The Balaban J connectivity index is 1.35. The van der Waals surface area contributed by atoms with E-state index in [2.05, 4.69) is 20.2 Å². The third-order valence-corrected chi connectivity index (χ3v) is 7.19. The summed E-state index contributed by atoms with van der Waals surface area (Å²) >= 11 is 0. The Morgan fingerprint density at radius 2 is 1.85 bits per heavy atom. The number of benzene rings is 1. The second kappa shape index (κ2) is 11.2. The number of rotatable bonds is 5. The lowest BCUT2D eigenvalue weighted by molar-refractivity contribution is -0.142. The van der Waals surface area contributed by atoms with Crippen LogP contribution in [-0.2, 0) is 27.2 Å². The molecule has 216 valence electrons. The van der Waals surface area contributed by atoms with E-state index in [0.717, 1.165) is 46.7 Å². The lowest BCUT2D eigenvalue weighted by Crippen LogP contribution is -2.42. The number of anilines is 4. The third-order valence-electron chi connectivity index (χ3n) is 7.19. The van der Waals surface area contributed by atoms with Gasteiger partial charge in [-0.05, 0) is 64.3 Å². The maximum Gasteiger partial charge on any atom is 0.415 e.